The Balaban J connectivity index is 2.48. The van der Waals surface area contributed by atoms with E-state index in [9.17, 15) is 0 Å². The van der Waals surface area contributed by atoms with Gasteiger partial charge in [-0.1, -0.05) is 32.0 Å². The van der Waals surface area contributed by atoms with Crippen LogP contribution >= 0.6 is 0 Å². The van der Waals surface area contributed by atoms with E-state index in [1.165, 1.54) is 6.42 Å². The molecule has 1 unspecified atom stereocenters. The first kappa shape index (κ1) is 14.0. The average Bonchev–Trinajstić information content (AvgIpc) is 2.38. The molecule has 0 aliphatic heterocycles. The number of rotatable bonds is 8. The molecule has 0 saturated heterocycles. The van der Waals surface area contributed by atoms with E-state index in [1.54, 1.807) is 0 Å². The Morgan fingerprint density at radius 1 is 1.24 bits per heavy atom. The van der Waals surface area contributed by atoms with Crippen LogP contribution in [0.25, 0.3) is 0 Å². The smallest absolute Gasteiger partial charge is 0.0510 e. The maximum Gasteiger partial charge on any atom is 0.0510 e. The molecule has 0 amide bonds. The normalized spacial score (nSPS) is 12.7. The minimum atomic E-state index is 0.323. The molecule has 0 saturated carbocycles. The Labute approximate surface area is 105 Å². The average molecular weight is 235 g/mol. The summed E-state index contributed by atoms with van der Waals surface area (Å²) < 4.78 is 0. The first-order valence-corrected chi connectivity index (χ1v) is 6.54. The molecule has 3 N–H and O–H groups in total. The van der Waals surface area contributed by atoms with E-state index in [0.717, 1.165) is 25.3 Å². The quantitative estimate of drug-likeness (QED) is 0.725. The maximum atomic E-state index is 5.83. The third kappa shape index (κ3) is 5.20. The summed E-state index contributed by atoms with van der Waals surface area (Å²) in [7, 11) is 0. The monoisotopic (exact) mass is 235 g/mol. The van der Waals surface area contributed by atoms with E-state index in [2.05, 4.69) is 36.2 Å². The minimum Gasteiger partial charge on any atom is -0.380 e. The van der Waals surface area contributed by atoms with Gasteiger partial charge in [-0.3, -0.25) is 0 Å². The zero-order chi connectivity index (χ0) is 12.5. The molecular weight excluding hydrogens is 210 g/mol. The molecule has 17 heavy (non-hydrogen) atoms. The summed E-state index contributed by atoms with van der Waals surface area (Å²) in [5, 5.41) is 3.49. The number of nitrogens with two attached hydrogens (primary N) is 1. The molecule has 1 aromatic rings. The van der Waals surface area contributed by atoms with Crippen LogP contribution in [0.1, 0.15) is 20.3 Å². The van der Waals surface area contributed by atoms with Gasteiger partial charge in [-0.2, -0.15) is 0 Å². The van der Waals surface area contributed by atoms with E-state index >= 15 is 0 Å². The summed E-state index contributed by atoms with van der Waals surface area (Å²) in [4.78, 5) is 2.44. The molecule has 3 heteroatoms. The molecule has 0 aliphatic carbocycles. The van der Waals surface area contributed by atoms with Crippen LogP contribution < -0.4 is 11.1 Å². The van der Waals surface area contributed by atoms with E-state index in [1.807, 2.05) is 18.2 Å². The third-order valence-electron chi connectivity index (χ3n) is 2.89. The Kier molecular flexibility index (Phi) is 6.67. The molecular formula is C14H25N3. The van der Waals surface area contributed by atoms with Gasteiger partial charge in [0.1, 0.15) is 0 Å². The number of benzene rings is 1. The topological polar surface area (TPSA) is 41.3 Å². The lowest BCUT2D eigenvalue weighted by atomic mass is 10.2. The van der Waals surface area contributed by atoms with Crippen molar-refractivity contribution in [3.63, 3.8) is 0 Å². The Morgan fingerprint density at radius 2 is 1.94 bits per heavy atom. The number of hydrogen-bond donors (Lipinski definition) is 2. The predicted octanol–water partition coefficient (Wildman–Crippen LogP) is 2.16. The lowest BCUT2D eigenvalue weighted by molar-refractivity contribution is 0.277. The molecule has 0 aliphatic rings. The summed E-state index contributed by atoms with van der Waals surface area (Å²) in [6, 6.07) is 10.6. The van der Waals surface area contributed by atoms with Crippen LogP contribution in [-0.2, 0) is 0 Å². The van der Waals surface area contributed by atoms with Crippen molar-refractivity contribution in [1.29, 1.82) is 0 Å². The van der Waals surface area contributed by atoms with Gasteiger partial charge < -0.3 is 16.0 Å². The predicted molar refractivity (Wildman–Crippen MR) is 75.3 cm³/mol. The van der Waals surface area contributed by atoms with Crippen LogP contribution in [0.2, 0.25) is 0 Å². The van der Waals surface area contributed by atoms with Crippen molar-refractivity contribution < 1.29 is 0 Å². The van der Waals surface area contributed by atoms with Crippen LogP contribution in [-0.4, -0.2) is 37.1 Å². The van der Waals surface area contributed by atoms with Gasteiger partial charge in [0.25, 0.3) is 0 Å². The second-order valence-electron chi connectivity index (χ2n) is 4.34. The largest absolute Gasteiger partial charge is 0.380 e. The highest BCUT2D eigenvalue weighted by Crippen LogP contribution is 2.07. The lowest BCUT2D eigenvalue weighted by Gasteiger charge is -2.26. The van der Waals surface area contributed by atoms with E-state index in [-0.39, 0.29) is 0 Å². The van der Waals surface area contributed by atoms with Gasteiger partial charge in [0.05, 0.1) is 6.04 Å². The first-order valence-electron chi connectivity index (χ1n) is 6.54. The number of nitrogens with one attached hydrogen (secondary N) is 1. The standard InChI is InChI=1S/C14H25N3/c1-3-10-17(4-2)12-14(11-15)16-13-8-6-5-7-9-13/h5-9,14,16H,3-4,10-12,15H2,1-2H3. The highest BCUT2D eigenvalue weighted by molar-refractivity contribution is 5.43. The molecule has 0 bridgehead atoms. The zero-order valence-electron chi connectivity index (χ0n) is 11.0. The second-order valence-corrected chi connectivity index (χ2v) is 4.34. The summed E-state index contributed by atoms with van der Waals surface area (Å²) >= 11 is 0. The van der Waals surface area contributed by atoms with E-state index < -0.39 is 0 Å². The van der Waals surface area contributed by atoms with Crippen LogP contribution in [0.5, 0.6) is 0 Å². The Hall–Kier alpha value is -1.06. The number of hydrogen-bond acceptors (Lipinski definition) is 3. The molecule has 0 fully saturated rings. The highest BCUT2D eigenvalue weighted by atomic mass is 15.1. The van der Waals surface area contributed by atoms with Gasteiger partial charge >= 0.3 is 0 Å². The van der Waals surface area contributed by atoms with Crippen LogP contribution in [0.15, 0.2) is 30.3 Å². The molecule has 1 aromatic carbocycles. The summed E-state index contributed by atoms with van der Waals surface area (Å²) in [5.74, 6) is 0. The molecule has 0 aromatic heterocycles. The third-order valence-corrected chi connectivity index (χ3v) is 2.89. The van der Waals surface area contributed by atoms with E-state index in [4.69, 9.17) is 5.73 Å². The summed E-state index contributed by atoms with van der Waals surface area (Å²) in [6.45, 7) is 8.31. The molecule has 3 nitrogen and oxygen atoms in total. The van der Waals surface area contributed by atoms with Gasteiger partial charge in [0, 0.05) is 18.8 Å². The van der Waals surface area contributed by atoms with Crippen molar-refractivity contribution in [2.45, 2.75) is 26.3 Å². The molecule has 96 valence electrons. The lowest BCUT2D eigenvalue weighted by Crippen LogP contribution is -2.41. The van der Waals surface area contributed by atoms with Crippen molar-refractivity contribution in [2.75, 3.05) is 31.5 Å². The SMILES string of the molecule is CCCN(CC)CC(CN)Nc1ccccc1. The summed E-state index contributed by atoms with van der Waals surface area (Å²) in [5.41, 5.74) is 6.98. The van der Waals surface area contributed by atoms with Gasteiger partial charge in [-0.05, 0) is 31.6 Å². The van der Waals surface area contributed by atoms with Gasteiger partial charge in [0.2, 0.25) is 0 Å². The minimum absolute atomic E-state index is 0.323. The zero-order valence-corrected chi connectivity index (χ0v) is 11.0. The van der Waals surface area contributed by atoms with Crippen molar-refractivity contribution in [3.8, 4) is 0 Å². The summed E-state index contributed by atoms with van der Waals surface area (Å²) in [6.07, 6.45) is 1.19. The van der Waals surface area contributed by atoms with Crippen molar-refractivity contribution in [3.05, 3.63) is 30.3 Å². The molecule has 0 spiro atoms. The van der Waals surface area contributed by atoms with Crippen molar-refractivity contribution >= 4 is 5.69 Å². The fourth-order valence-corrected chi connectivity index (χ4v) is 1.96. The van der Waals surface area contributed by atoms with Crippen LogP contribution in [0.4, 0.5) is 5.69 Å². The fourth-order valence-electron chi connectivity index (χ4n) is 1.96. The Morgan fingerprint density at radius 3 is 2.47 bits per heavy atom. The van der Waals surface area contributed by atoms with Crippen molar-refractivity contribution in [1.82, 2.24) is 4.90 Å². The number of anilines is 1. The van der Waals surface area contributed by atoms with Crippen molar-refractivity contribution in [2.24, 2.45) is 5.73 Å². The van der Waals surface area contributed by atoms with Gasteiger partial charge in [-0.25, -0.2) is 0 Å². The molecule has 1 atom stereocenters. The van der Waals surface area contributed by atoms with E-state index in [0.29, 0.717) is 12.6 Å². The van der Waals surface area contributed by atoms with Gasteiger partial charge in [0.15, 0.2) is 0 Å². The second kappa shape index (κ2) is 8.09. The number of likely N-dealkylation sites (N-methyl/N-ethyl adjacent to an activating group) is 1. The van der Waals surface area contributed by atoms with Crippen LogP contribution in [0.3, 0.4) is 0 Å². The molecule has 1 rings (SSSR count). The first-order chi connectivity index (χ1) is 8.30. The molecule has 0 radical (unpaired) electrons. The maximum absolute atomic E-state index is 5.83. The van der Waals surface area contributed by atoms with Crippen LogP contribution in [0, 0.1) is 0 Å². The highest BCUT2D eigenvalue weighted by Gasteiger charge is 2.10. The number of para-hydroxylation sites is 1. The van der Waals surface area contributed by atoms with Gasteiger partial charge in [-0.15, -0.1) is 0 Å². The Bertz CT molecular complexity index is 287. The molecule has 0 heterocycles. The fraction of sp³-hybridized carbons (Fsp3) is 0.571. The number of nitrogens with zero attached hydrogens (tertiary/aromatic N) is 1.